The SMILES string of the molecule is Brc1cc(Br)cc(-n2c3ccccc3c3cnccc32)c1.c1ccc2c(c1)Cc1ccccc1-2.c1ccc2c(c1)c1ccccc1n2-c1cc(-n2c3ccccc3c3ccccc32)cc(-n2c3ccccc3c3cnccc32)c1. The Kier molecular flexibility index (Phi) is 11.5. The first kappa shape index (κ1) is 46.9. The summed E-state index contributed by atoms with van der Waals surface area (Å²) in [5.41, 5.74) is 19.6. The quantitative estimate of drug-likeness (QED) is 0.176. The monoisotopic (exact) mass is 1140 g/mol. The van der Waals surface area contributed by atoms with Gasteiger partial charge in [-0.1, -0.05) is 190 Å². The Bertz CT molecular complexity index is 4460. The molecule has 0 amide bonds. The number of halogens is 2. The molecule has 0 saturated carbocycles. The molecular weight excluding hydrogens is 1100 g/mol. The van der Waals surface area contributed by atoms with Crippen LogP contribution in [0.3, 0.4) is 0 Å². The maximum Gasteiger partial charge on any atom is 0.0571 e. The highest BCUT2D eigenvalue weighted by Gasteiger charge is 2.21. The van der Waals surface area contributed by atoms with Crippen molar-refractivity contribution in [3.05, 3.63) is 288 Å². The Morgan fingerprint density at radius 1 is 0.266 bits per heavy atom. The Balaban J connectivity index is 0.000000130. The number of rotatable bonds is 4. The Labute approximate surface area is 472 Å². The number of hydrogen-bond acceptors (Lipinski definition) is 2. The summed E-state index contributed by atoms with van der Waals surface area (Å²) in [7, 11) is 0. The van der Waals surface area contributed by atoms with E-state index in [2.05, 4.69) is 297 Å². The van der Waals surface area contributed by atoms with Gasteiger partial charge in [0.2, 0.25) is 0 Å². The van der Waals surface area contributed by atoms with Crippen molar-refractivity contribution in [2.45, 2.75) is 6.42 Å². The molecule has 0 unspecified atom stereocenters. The van der Waals surface area contributed by atoms with Crippen molar-refractivity contribution in [3.8, 4) is 33.9 Å². The van der Waals surface area contributed by atoms with Crippen molar-refractivity contribution in [2.24, 2.45) is 0 Å². The Morgan fingerprint density at radius 2 is 0.532 bits per heavy atom. The number of para-hydroxylation sites is 6. The van der Waals surface area contributed by atoms with Gasteiger partial charge in [-0.3, -0.25) is 9.97 Å². The van der Waals surface area contributed by atoms with Gasteiger partial charge in [0.25, 0.3) is 0 Å². The number of benzene rings is 10. The lowest BCUT2D eigenvalue weighted by Crippen LogP contribution is -2.03. The van der Waals surface area contributed by atoms with Crippen molar-refractivity contribution in [2.75, 3.05) is 0 Å². The molecule has 374 valence electrons. The van der Waals surface area contributed by atoms with Gasteiger partial charge in [-0.05, 0) is 114 Å². The third-order valence-corrected chi connectivity index (χ3v) is 16.5. The number of nitrogens with zero attached hydrogens (tertiary/aromatic N) is 6. The first-order valence-electron chi connectivity index (χ1n) is 26.5. The summed E-state index contributed by atoms with van der Waals surface area (Å²) >= 11 is 7.14. The van der Waals surface area contributed by atoms with Crippen LogP contribution in [0, 0.1) is 0 Å². The van der Waals surface area contributed by atoms with E-state index in [-0.39, 0.29) is 0 Å². The van der Waals surface area contributed by atoms with E-state index in [0.29, 0.717) is 0 Å². The minimum absolute atomic E-state index is 1.05. The number of fused-ring (bicyclic) bond motifs is 15. The highest BCUT2D eigenvalue weighted by atomic mass is 79.9. The molecule has 0 aliphatic heterocycles. The summed E-state index contributed by atoms with van der Waals surface area (Å²) < 4.78 is 11.6. The standard InChI is InChI=1S/C41H26N4.C17H10Br2N2.C13H10/c1-6-16-36-30(11-1)31-12-2-7-17-37(31)43(36)27-23-28(44-38-18-8-3-13-32(38)33-14-4-9-19-39(33)44)25-29(24-27)45-40-20-10-5-15-34(40)35-26-42-22-21-41(35)45;18-11-7-12(19)9-13(8-11)21-16-4-2-1-3-14(16)15-10-20-6-5-17(15)21;1-3-7-12-10(5-1)9-11-6-2-4-8-13(11)12/h1-26H;1-10H;1-8H,9H2. The lowest BCUT2D eigenvalue weighted by molar-refractivity contribution is 1.10. The van der Waals surface area contributed by atoms with E-state index in [9.17, 15) is 0 Å². The van der Waals surface area contributed by atoms with Crippen molar-refractivity contribution in [1.82, 2.24) is 28.2 Å². The largest absolute Gasteiger partial charge is 0.309 e. The molecule has 0 radical (unpaired) electrons. The molecule has 0 saturated heterocycles. The lowest BCUT2D eigenvalue weighted by Gasteiger charge is -2.17. The lowest BCUT2D eigenvalue weighted by atomic mass is 10.1. The van der Waals surface area contributed by atoms with E-state index in [4.69, 9.17) is 0 Å². The van der Waals surface area contributed by atoms with Crippen LogP contribution < -0.4 is 0 Å². The molecule has 6 heterocycles. The molecule has 8 heteroatoms. The summed E-state index contributed by atoms with van der Waals surface area (Å²) in [4.78, 5) is 8.77. The molecule has 0 atom stereocenters. The first-order chi connectivity index (χ1) is 39.0. The molecule has 0 N–H and O–H groups in total. The average Bonchev–Trinajstić information content (AvgIpc) is 4.51. The van der Waals surface area contributed by atoms with Gasteiger partial charge >= 0.3 is 0 Å². The van der Waals surface area contributed by atoms with Gasteiger partial charge in [0.15, 0.2) is 0 Å². The van der Waals surface area contributed by atoms with Crippen molar-refractivity contribution in [1.29, 1.82) is 0 Å². The van der Waals surface area contributed by atoms with Crippen molar-refractivity contribution < 1.29 is 0 Å². The number of pyridine rings is 2. The molecular formula is C71H46Br2N6. The van der Waals surface area contributed by atoms with Gasteiger partial charge < -0.3 is 18.3 Å². The van der Waals surface area contributed by atoms with E-state index in [0.717, 1.165) is 60.1 Å². The molecule has 79 heavy (non-hydrogen) atoms. The van der Waals surface area contributed by atoms with Gasteiger partial charge in [-0.2, -0.15) is 0 Å². The zero-order chi connectivity index (χ0) is 52.6. The van der Waals surface area contributed by atoms with Crippen LogP contribution in [0.15, 0.2) is 276 Å². The third-order valence-electron chi connectivity index (χ3n) is 15.6. The van der Waals surface area contributed by atoms with Crippen LogP contribution in [-0.2, 0) is 6.42 Å². The summed E-state index contributed by atoms with van der Waals surface area (Å²) in [6.07, 6.45) is 8.75. The molecule has 17 rings (SSSR count). The molecule has 1 aliphatic carbocycles. The Morgan fingerprint density at radius 3 is 0.873 bits per heavy atom. The average molecular weight is 1140 g/mol. The molecule has 0 fully saturated rings. The van der Waals surface area contributed by atoms with Gasteiger partial charge in [-0.25, -0.2) is 0 Å². The van der Waals surface area contributed by atoms with Gasteiger partial charge in [0.05, 0.1) is 61.2 Å². The fourth-order valence-electron chi connectivity index (χ4n) is 12.3. The maximum atomic E-state index is 4.50. The molecule has 0 spiro atoms. The second-order valence-electron chi connectivity index (χ2n) is 20.1. The second-order valence-corrected chi connectivity index (χ2v) is 21.9. The summed E-state index contributed by atoms with van der Waals surface area (Å²) in [6, 6.07) is 86.7. The van der Waals surface area contributed by atoms with Crippen LogP contribution in [0.1, 0.15) is 11.1 Å². The maximum absolute atomic E-state index is 4.50. The first-order valence-corrected chi connectivity index (χ1v) is 28.0. The molecule has 0 bridgehead atoms. The molecule has 16 aromatic rings. The molecule has 6 aromatic heterocycles. The highest BCUT2D eigenvalue weighted by Crippen LogP contribution is 2.40. The summed E-state index contributed by atoms with van der Waals surface area (Å²) in [6.45, 7) is 0. The van der Waals surface area contributed by atoms with Crippen LogP contribution in [0.2, 0.25) is 0 Å². The smallest absolute Gasteiger partial charge is 0.0571 e. The minimum Gasteiger partial charge on any atom is -0.309 e. The molecule has 1 aliphatic rings. The highest BCUT2D eigenvalue weighted by molar-refractivity contribution is 9.11. The van der Waals surface area contributed by atoms with Gasteiger partial charge in [0, 0.05) is 82.5 Å². The topological polar surface area (TPSA) is 45.5 Å². The molecule has 10 aromatic carbocycles. The third kappa shape index (κ3) is 7.89. The fraction of sp³-hybridized carbons (Fsp3) is 0.0141. The summed E-state index contributed by atoms with van der Waals surface area (Å²) in [5, 5.41) is 9.73. The molecule has 6 nitrogen and oxygen atoms in total. The number of aromatic nitrogens is 6. The van der Waals surface area contributed by atoms with Crippen LogP contribution in [0.5, 0.6) is 0 Å². The van der Waals surface area contributed by atoms with E-state index < -0.39 is 0 Å². The predicted octanol–water partition coefficient (Wildman–Crippen LogP) is 19.3. The predicted molar refractivity (Wildman–Crippen MR) is 336 cm³/mol. The van der Waals surface area contributed by atoms with Gasteiger partial charge in [0.1, 0.15) is 0 Å². The number of hydrogen-bond donors (Lipinski definition) is 0. The van der Waals surface area contributed by atoms with Crippen molar-refractivity contribution >= 4 is 119 Å². The van der Waals surface area contributed by atoms with Crippen LogP contribution in [0.4, 0.5) is 0 Å². The van der Waals surface area contributed by atoms with E-state index in [1.165, 1.54) is 87.5 Å². The van der Waals surface area contributed by atoms with Crippen LogP contribution in [-0.4, -0.2) is 28.2 Å². The zero-order valence-electron chi connectivity index (χ0n) is 42.5. The zero-order valence-corrected chi connectivity index (χ0v) is 45.7. The second kappa shape index (κ2) is 19.3. The van der Waals surface area contributed by atoms with Crippen LogP contribution in [0.25, 0.3) is 121 Å². The Hall–Kier alpha value is -9.34. The van der Waals surface area contributed by atoms with E-state index >= 15 is 0 Å². The minimum atomic E-state index is 1.05. The van der Waals surface area contributed by atoms with E-state index in [1.54, 1.807) is 0 Å². The van der Waals surface area contributed by atoms with Gasteiger partial charge in [-0.15, -0.1) is 0 Å². The normalized spacial score (nSPS) is 11.9. The summed E-state index contributed by atoms with van der Waals surface area (Å²) in [5.74, 6) is 0. The van der Waals surface area contributed by atoms with Crippen molar-refractivity contribution in [3.63, 3.8) is 0 Å². The fourth-order valence-corrected chi connectivity index (χ4v) is 13.6. The van der Waals surface area contributed by atoms with E-state index in [1.807, 2.05) is 30.9 Å². The van der Waals surface area contributed by atoms with Crippen LogP contribution >= 0.6 is 31.9 Å².